The summed E-state index contributed by atoms with van der Waals surface area (Å²) in [5, 5.41) is 0. The van der Waals surface area contributed by atoms with Crippen LogP contribution in [0.15, 0.2) is 21.3 Å². The molecule has 0 bridgehead atoms. The molecule has 5 heteroatoms. The highest BCUT2D eigenvalue weighted by molar-refractivity contribution is 9.13. The van der Waals surface area contributed by atoms with Crippen LogP contribution >= 0.6 is 31.9 Å². The van der Waals surface area contributed by atoms with Crippen molar-refractivity contribution < 1.29 is 9.53 Å². The van der Waals surface area contributed by atoms with E-state index in [1.54, 1.807) is 19.2 Å². The molecule has 3 nitrogen and oxygen atoms in total. The van der Waals surface area contributed by atoms with Crippen molar-refractivity contribution >= 4 is 37.8 Å². The summed E-state index contributed by atoms with van der Waals surface area (Å²) in [4.78, 5) is 15.2. The van der Waals surface area contributed by atoms with Gasteiger partial charge in [-0.05, 0) is 50.4 Å². The molecule has 14 heavy (non-hydrogen) atoms. The van der Waals surface area contributed by atoms with Gasteiger partial charge in [0.25, 0.3) is 0 Å². The molecule has 0 saturated heterocycles. The Bertz CT molecular complexity index is 342. The third kappa shape index (κ3) is 3.06. The summed E-state index contributed by atoms with van der Waals surface area (Å²) in [6, 6.07) is 1.78. The zero-order chi connectivity index (χ0) is 10.6. The molecule has 0 unspecified atom stereocenters. The van der Waals surface area contributed by atoms with Crippen molar-refractivity contribution in [2.45, 2.75) is 13.3 Å². The molecule has 1 rings (SSSR count). The van der Waals surface area contributed by atoms with Crippen LogP contribution in [0.4, 0.5) is 0 Å². The number of carbonyl (C=O) groups excluding carboxylic acids is 1. The van der Waals surface area contributed by atoms with Crippen molar-refractivity contribution in [1.82, 2.24) is 4.98 Å². The van der Waals surface area contributed by atoms with Crippen molar-refractivity contribution in [1.29, 1.82) is 0 Å². The van der Waals surface area contributed by atoms with Crippen molar-refractivity contribution in [2.75, 3.05) is 6.61 Å². The molecule has 0 spiro atoms. The number of halogens is 2. The van der Waals surface area contributed by atoms with Crippen LogP contribution in [-0.2, 0) is 16.0 Å². The van der Waals surface area contributed by atoms with E-state index < -0.39 is 0 Å². The lowest BCUT2D eigenvalue weighted by atomic mass is 10.2. The molecule has 1 aromatic heterocycles. The Morgan fingerprint density at radius 2 is 2.29 bits per heavy atom. The van der Waals surface area contributed by atoms with Gasteiger partial charge in [-0.25, -0.2) is 4.98 Å². The maximum atomic E-state index is 11.2. The largest absolute Gasteiger partial charge is 0.466 e. The molecule has 0 amide bonds. The normalized spacial score (nSPS) is 9.93. The van der Waals surface area contributed by atoms with E-state index in [1.165, 1.54) is 0 Å². The van der Waals surface area contributed by atoms with E-state index >= 15 is 0 Å². The average Bonchev–Trinajstić information content (AvgIpc) is 2.13. The first-order valence-corrected chi connectivity index (χ1v) is 5.68. The minimum absolute atomic E-state index is 0.230. The predicted octanol–water partition coefficient (Wildman–Crippen LogP) is 2.71. The van der Waals surface area contributed by atoms with Crippen LogP contribution in [0.2, 0.25) is 0 Å². The lowest BCUT2D eigenvalue weighted by Gasteiger charge is -2.04. The minimum Gasteiger partial charge on any atom is -0.466 e. The Balaban J connectivity index is 2.76. The molecule has 0 saturated carbocycles. The fraction of sp³-hybridized carbons (Fsp3) is 0.333. The maximum Gasteiger partial charge on any atom is 0.310 e. The highest BCUT2D eigenvalue weighted by Gasteiger charge is 2.09. The van der Waals surface area contributed by atoms with Gasteiger partial charge in [-0.3, -0.25) is 4.79 Å². The third-order valence-electron chi connectivity index (χ3n) is 1.57. The topological polar surface area (TPSA) is 39.2 Å². The Labute approximate surface area is 99.1 Å². The molecule has 0 aliphatic heterocycles. The predicted molar refractivity (Wildman–Crippen MR) is 60.0 cm³/mol. The maximum absolute atomic E-state index is 11.2. The molecule has 0 atom stereocenters. The lowest BCUT2D eigenvalue weighted by Crippen LogP contribution is -2.08. The van der Waals surface area contributed by atoms with Gasteiger partial charge >= 0.3 is 5.97 Å². The van der Waals surface area contributed by atoms with Gasteiger partial charge in [-0.2, -0.15) is 0 Å². The smallest absolute Gasteiger partial charge is 0.310 e. The van der Waals surface area contributed by atoms with E-state index in [9.17, 15) is 4.79 Å². The number of rotatable bonds is 3. The number of esters is 1. The van der Waals surface area contributed by atoms with Crippen LogP contribution in [0.25, 0.3) is 0 Å². The van der Waals surface area contributed by atoms with Crippen molar-refractivity contribution in [2.24, 2.45) is 0 Å². The Kier molecular flexibility index (Phi) is 4.54. The Morgan fingerprint density at radius 3 is 2.93 bits per heavy atom. The number of carbonyl (C=O) groups is 1. The van der Waals surface area contributed by atoms with Crippen molar-refractivity contribution in [3.8, 4) is 0 Å². The van der Waals surface area contributed by atoms with Gasteiger partial charge in [0.2, 0.25) is 0 Å². The van der Waals surface area contributed by atoms with Gasteiger partial charge in [-0.1, -0.05) is 0 Å². The minimum atomic E-state index is -0.230. The molecule has 0 aromatic carbocycles. The number of nitrogens with zero attached hydrogens (tertiary/aromatic N) is 1. The average molecular weight is 323 g/mol. The van der Waals surface area contributed by atoms with E-state index in [0.717, 1.165) is 10.0 Å². The van der Waals surface area contributed by atoms with Crippen LogP contribution in [0, 0.1) is 0 Å². The van der Waals surface area contributed by atoms with Crippen LogP contribution in [0.3, 0.4) is 0 Å². The molecular formula is C9H9Br2NO2. The zero-order valence-electron chi connectivity index (χ0n) is 7.59. The number of hydrogen-bond acceptors (Lipinski definition) is 3. The first-order valence-electron chi connectivity index (χ1n) is 4.09. The van der Waals surface area contributed by atoms with Gasteiger partial charge in [-0.15, -0.1) is 0 Å². The molecule has 0 radical (unpaired) electrons. The third-order valence-corrected chi connectivity index (χ3v) is 3.58. The fourth-order valence-corrected chi connectivity index (χ4v) is 1.71. The van der Waals surface area contributed by atoms with Gasteiger partial charge in [0.15, 0.2) is 0 Å². The standard InChI is InChI=1S/C9H9Br2NO2/c1-2-14-7(13)5-6-3-4-12-9(11)8(6)10/h3-4H,2,5H2,1H3. The number of hydrogen-bond donors (Lipinski definition) is 0. The van der Waals surface area contributed by atoms with Crippen LogP contribution in [-0.4, -0.2) is 17.6 Å². The summed E-state index contributed by atoms with van der Waals surface area (Å²) < 4.78 is 6.34. The van der Waals surface area contributed by atoms with Crippen molar-refractivity contribution in [3.05, 3.63) is 26.9 Å². The second kappa shape index (κ2) is 5.46. The number of aromatic nitrogens is 1. The fourth-order valence-electron chi connectivity index (χ4n) is 0.959. The van der Waals surface area contributed by atoms with Gasteiger partial charge in [0.1, 0.15) is 4.60 Å². The second-order valence-corrected chi connectivity index (χ2v) is 4.10. The van der Waals surface area contributed by atoms with Gasteiger partial charge in [0, 0.05) is 6.20 Å². The highest BCUT2D eigenvalue weighted by atomic mass is 79.9. The van der Waals surface area contributed by atoms with E-state index in [4.69, 9.17) is 4.74 Å². The number of pyridine rings is 1. The molecule has 0 aliphatic rings. The van der Waals surface area contributed by atoms with E-state index in [2.05, 4.69) is 36.8 Å². The first-order chi connectivity index (χ1) is 6.65. The molecule has 1 heterocycles. The van der Waals surface area contributed by atoms with Crippen LogP contribution < -0.4 is 0 Å². The van der Waals surface area contributed by atoms with Crippen LogP contribution in [0.1, 0.15) is 12.5 Å². The summed E-state index contributed by atoms with van der Waals surface area (Å²) in [7, 11) is 0. The monoisotopic (exact) mass is 321 g/mol. The summed E-state index contributed by atoms with van der Waals surface area (Å²) in [5.74, 6) is -0.230. The Morgan fingerprint density at radius 1 is 1.57 bits per heavy atom. The molecule has 0 fully saturated rings. The number of ether oxygens (including phenoxy) is 1. The summed E-state index contributed by atoms with van der Waals surface area (Å²) in [6.45, 7) is 2.19. The lowest BCUT2D eigenvalue weighted by molar-refractivity contribution is -0.142. The summed E-state index contributed by atoms with van der Waals surface area (Å²) >= 11 is 6.61. The van der Waals surface area contributed by atoms with Gasteiger partial charge in [0.05, 0.1) is 17.5 Å². The molecule has 76 valence electrons. The summed E-state index contributed by atoms with van der Waals surface area (Å²) in [6.07, 6.45) is 1.90. The molecular weight excluding hydrogens is 314 g/mol. The molecule has 0 N–H and O–H groups in total. The van der Waals surface area contributed by atoms with E-state index in [0.29, 0.717) is 11.2 Å². The van der Waals surface area contributed by atoms with Crippen molar-refractivity contribution in [3.63, 3.8) is 0 Å². The quantitative estimate of drug-likeness (QED) is 0.634. The van der Waals surface area contributed by atoms with Gasteiger partial charge < -0.3 is 4.74 Å². The second-order valence-electron chi connectivity index (χ2n) is 2.56. The molecule has 1 aromatic rings. The Hall–Kier alpha value is -0.420. The van der Waals surface area contributed by atoms with E-state index in [-0.39, 0.29) is 12.4 Å². The van der Waals surface area contributed by atoms with Crippen LogP contribution in [0.5, 0.6) is 0 Å². The first kappa shape index (κ1) is 11.7. The molecule has 0 aliphatic carbocycles. The zero-order valence-corrected chi connectivity index (χ0v) is 10.8. The summed E-state index contributed by atoms with van der Waals surface area (Å²) in [5.41, 5.74) is 0.866. The van der Waals surface area contributed by atoms with E-state index in [1.807, 2.05) is 0 Å². The SMILES string of the molecule is CCOC(=O)Cc1ccnc(Br)c1Br. The highest BCUT2D eigenvalue weighted by Crippen LogP contribution is 2.24.